The Hall–Kier alpha value is -3.55. The van der Waals surface area contributed by atoms with Gasteiger partial charge in [-0.15, -0.1) is 5.10 Å². The molecule has 0 aliphatic carbocycles. The molecule has 1 amide bonds. The van der Waals surface area contributed by atoms with Crippen molar-refractivity contribution in [3.8, 4) is 6.07 Å². The number of nitriles is 1. The molecular weight excluding hydrogens is 328 g/mol. The quantitative estimate of drug-likeness (QED) is 0.576. The SMILES string of the molecule is N#CCCn1nnnc1CC[C@@H](C(=O)O)N(C=O)c1ccc(N)cn1. The Labute approximate surface area is 142 Å². The van der Waals surface area contributed by atoms with Crippen LogP contribution in [0.15, 0.2) is 18.3 Å². The molecule has 0 aliphatic heterocycles. The molecule has 0 spiro atoms. The highest BCUT2D eigenvalue weighted by atomic mass is 16.4. The fourth-order valence-electron chi connectivity index (χ4n) is 2.22. The van der Waals surface area contributed by atoms with Crippen molar-refractivity contribution in [2.24, 2.45) is 0 Å². The molecule has 0 unspecified atom stereocenters. The predicted octanol–water partition coefficient (Wildman–Crippen LogP) is -0.387. The Morgan fingerprint density at radius 1 is 1.52 bits per heavy atom. The minimum Gasteiger partial charge on any atom is -0.480 e. The molecule has 2 aromatic rings. The fraction of sp³-hybridized carbons (Fsp3) is 0.357. The van der Waals surface area contributed by atoms with Crippen LogP contribution in [-0.4, -0.2) is 48.7 Å². The smallest absolute Gasteiger partial charge is 0.326 e. The van der Waals surface area contributed by atoms with Crippen LogP contribution in [0.1, 0.15) is 18.7 Å². The number of aromatic nitrogens is 5. The summed E-state index contributed by atoms with van der Waals surface area (Å²) >= 11 is 0. The summed E-state index contributed by atoms with van der Waals surface area (Å²) in [6, 6.07) is 3.84. The minimum absolute atomic E-state index is 0.0764. The topological polar surface area (TPSA) is 164 Å². The zero-order valence-corrected chi connectivity index (χ0v) is 13.2. The summed E-state index contributed by atoms with van der Waals surface area (Å²) in [7, 11) is 0. The molecule has 0 radical (unpaired) electrons. The second-order valence-electron chi connectivity index (χ2n) is 5.08. The molecule has 130 valence electrons. The van der Waals surface area contributed by atoms with Crippen LogP contribution in [0.2, 0.25) is 0 Å². The number of carboxylic acid groups (broad SMARTS) is 1. The largest absolute Gasteiger partial charge is 0.480 e. The molecule has 1 atom stereocenters. The molecule has 2 heterocycles. The average Bonchev–Trinajstić information content (AvgIpc) is 3.05. The number of nitrogens with two attached hydrogens (primary N) is 1. The average molecular weight is 344 g/mol. The van der Waals surface area contributed by atoms with Gasteiger partial charge in [0.05, 0.1) is 30.9 Å². The van der Waals surface area contributed by atoms with Crippen molar-refractivity contribution < 1.29 is 14.7 Å². The maximum atomic E-state index is 11.6. The molecule has 11 heteroatoms. The summed E-state index contributed by atoms with van der Waals surface area (Å²) in [6.45, 7) is 0.313. The van der Waals surface area contributed by atoms with Gasteiger partial charge in [0, 0.05) is 6.42 Å². The van der Waals surface area contributed by atoms with Crippen LogP contribution in [0.3, 0.4) is 0 Å². The van der Waals surface area contributed by atoms with Crippen molar-refractivity contribution >= 4 is 23.9 Å². The third-order valence-corrected chi connectivity index (χ3v) is 3.45. The first-order valence-corrected chi connectivity index (χ1v) is 7.36. The van der Waals surface area contributed by atoms with Gasteiger partial charge in [0.25, 0.3) is 0 Å². The molecule has 0 saturated carbocycles. The van der Waals surface area contributed by atoms with Gasteiger partial charge in [-0.2, -0.15) is 5.26 Å². The molecule has 3 N–H and O–H groups in total. The lowest BCUT2D eigenvalue weighted by Gasteiger charge is -2.23. The third-order valence-electron chi connectivity index (χ3n) is 3.45. The van der Waals surface area contributed by atoms with Gasteiger partial charge in [0.2, 0.25) is 6.41 Å². The Kier molecular flexibility index (Phi) is 5.94. The Morgan fingerprint density at radius 2 is 2.32 bits per heavy atom. The van der Waals surface area contributed by atoms with Crippen LogP contribution in [0.4, 0.5) is 11.5 Å². The van der Waals surface area contributed by atoms with E-state index in [9.17, 15) is 14.7 Å². The molecule has 0 bridgehead atoms. The van der Waals surface area contributed by atoms with E-state index in [0.717, 1.165) is 4.90 Å². The Balaban J connectivity index is 2.14. The number of carbonyl (C=O) groups is 2. The fourth-order valence-corrected chi connectivity index (χ4v) is 2.22. The van der Waals surface area contributed by atoms with Gasteiger partial charge in [-0.05, 0) is 29.0 Å². The van der Waals surface area contributed by atoms with E-state index in [0.29, 0.717) is 24.5 Å². The number of aryl methyl sites for hydroxylation is 2. The molecule has 2 rings (SSSR count). The van der Waals surface area contributed by atoms with Crippen molar-refractivity contribution in [2.45, 2.75) is 31.8 Å². The van der Waals surface area contributed by atoms with E-state index in [1.807, 2.05) is 6.07 Å². The van der Waals surface area contributed by atoms with E-state index in [1.54, 1.807) is 0 Å². The first kappa shape index (κ1) is 17.8. The number of hydrogen-bond acceptors (Lipinski definition) is 8. The van der Waals surface area contributed by atoms with Gasteiger partial charge in [-0.3, -0.25) is 9.69 Å². The summed E-state index contributed by atoms with van der Waals surface area (Å²) < 4.78 is 1.44. The molecule has 0 saturated heterocycles. The maximum Gasteiger partial charge on any atom is 0.326 e. The summed E-state index contributed by atoms with van der Waals surface area (Å²) in [6.07, 6.45) is 2.28. The molecule has 0 fully saturated rings. The van der Waals surface area contributed by atoms with Crippen molar-refractivity contribution in [2.75, 3.05) is 10.6 Å². The van der Waals surface area contributed by atoms with Gasteiger partial charge >= 0.3 is 5.97 Å². The molecule has 25 heavy (non-hydrogen) atoms. The number of nitrogens with zero attached hydrogens (tertiary/aromatic N) is 7. The number of aliphatic carboxylic acids is 1. The number of anilines is 2. The zero-order valence-electron chi connectivity index (χ0n) is 13.2. The second kappa shape index (κ2) is 8.34. The molecule has 11 nitrogen and oxygen atoms in total. The first-order chi connectivity index (χ1) is 12.1. The highest BCUT2D eigenvalue weighted by Gasteiger charge is 2.27. The first-order valence-electron chi connectivity index (χ1n) is 7.36. The van der Waals surface area contributed by atoms with Gasteiger partial charge in [-0.25, -0.2) is 14.5 Å². The number of pyridine rings is 1. The van der Waals surface area contributed by atoms with Gasteiger partial charge in [-0.1, -0.05) is 0 Å². The molecule has 2 aromatic heterocycles. The van der Waals surface area contributed by atoms with Crippen LogP contribution in [0, 0.1) is 11.3 Å². The standard InChI is InChI=1S/C14H16N8O3/c15-6-1-7-22-13(18-19-20-22)5-3-11(14(24)25)21(9-23)12-4-2-10(16)8-17-12/h2,4,8-9,11H,1,3,5,7,16H2,(H,24,25)/t11-/m0/s1. The lowest BCUT2D eigenvalue weighted by atomic mass is 10.1. The van der Waals surface area contributed by atoms with Gasteiger partial charge in [0.1, 0.15) is 11.9 Å². The number of carboxylic acids is 1. The Morgan fingerprint density at radius 3 is 2.92 bits per heavy atom. The van der Waals surface area contributed by atoms with E-state index < -0.39 is 12.0 Å². The van der Waals surface area contributed by atoms with E-state index >= 15 is 0 Å². The lowest BCUT2D eigenvalue weighted by molar-refractivity contribution is -0.139. The molecular formula is C14H16N8O3. The molecule has 0 aliphatic rings. The summed E-state index contributed by atoms with van der Waals surface area (Å²) in [4.78, 5) is 28.0. The Bertz CT molecular complexity index is 767. The number of carbonyl (C=O) groups excluding carboxylic acids is 1. The van der Waals surface area contributed by atoms with E-state index in [-0.39, 0.29) is 25.1 Å². The van der Waals surface area contributed by atoms with Gasteiger partial charge in [0.15, 0.2) is 5.82 Å². The van der Waals surface area contributed by atoms with Crippen molar-refractivity contribution in [3.63, 3.8) is 0 Å². The van der Waals surface area contributed by atoms with Crippen LogP contribution < -0.4 is 10.6 Å². The number of hydrogen-bond donors (Lipinski definition) is 2. The normalized spacial score (nSPS) is 11.5. The van der Waals surface area contributed by atoms with E-state index in [1.165, 1.54) is 23.0 Å². The predicted molar refractivity (Wildman–Crippen MR) is 85.0 cm³/mol. The third kappa shape index (κ3) is 4.47. The maximum absolute atomic E-state index is 11.6. The minimum atomic E-state index is -1.18. The summed E-state index contributed by atoms with van der Waals surface area (Å²) in [5.41, 5.74) is 5.95. The van der Waals surface area contributed by atoms with Crippen LogP contribution in [0.5, 0.6) is 0 Å². The van der Waals surface area contributed by atoms with E-state index in [4.69, 9.17) is 11.0 Å². The second-order valence-corrected chi connectivity index (χ2v) is 5.08. The van der Waals surface area contributed by atoms with Crippen molar-refractivity contribution in [1.29, 1.82) is 5.26 Å². The van der Waals surface area contributed by atoms with Gasteiger partial charge < -0.3 is 10.8 Å². The number of nitrogen functional groups attached to an aromatic ring is 1. The highest BCUT2D eigenvalue weighted by Crippen LogP contribution is 2.17. The molecule has 0 aromatic carbocycles. The lowest BCUT2D eigenvalue weighted by Crippen LogP contribution is -2.41. The van der Waals surface area contributed by atoms with Crippen molar-refractivity contribution in [1.82, 2.24) is 25.2 Å². The number of amides is 1. The monoisotopic (exact) mass is 344 g/mol. The summed E-state index contributed by atoms with van der Waals surface area (Å²) in [5.74, 6) is -0.555. The van der Waals surface area contributed by atoms with Crippen molar-refractivity contribution in [3.05, 3.63) is 24.2 Å². The number of rotatable bonds is 9. The van der Waals surface area contributed by atoms with Crippen LogP contribution in [-0.2, 0) is 22.6 Å². The van der Waals surface area contributed by atoms with Crippen LogP contribution in [0.25, 0.3) is 0 Å². The summed E-state index contributed by atoms with van der Waals surface area (Å²) in [5, 5.41) is 29.2. The highest BCUT2D eigenvalue weighted by molar-refractivity contribution is 5.87. The van der Waals surface area contributed by atoms with E-state index in [2.05, 4.69) is 20.5 Å². The van der Waals surface area contributed by atoms with Crippen LogP contribution >= 0.6 is 0 Å². The number of tetrazole rings is 1. The zero-order chi connectivity index (χ0) is 18.2.